The van der Waals surface area contributed by atoms with Crippen LogP contribution in [0.15, 0.2) is 12.5 Å². The molecule has 1 aromatic heterocycles. The molecule has 4 atom stereocenters. The Hall–Kier alpha value is -2.38. The largest absolute Gasteiger partial charge is 0.461 e. The Morgan fingerprint density at radius 1 is 1.00 bits per heavy atom. The predicted octanol–water partition coefficient (Wildman–Crippen LogP) is 6.58. The van der Waals surface area contributed by atoms with Gasteiger partial charge in [-0.25, -0.2) is 9.78 Å². The molecule has 1 aliphatic rings. The van der Waals surface area contributed by atoms with E-state index in [0.29, 0.717) is 12.8 Å². The number of cyclic esters (lactones) is 1. The number of hydrogen-bond donors (Lipinski definition) is 2. The first kappa shape index (κ1) is 32.8. The first-order valence-electron chi connectivity index (χ1n) is 15.7. The lowest BCUT2D eigenvalue weighted by molar-refractivity contribution is -0.190. The predicted molar refractivity (Wildman–Crippen MR) is 153 cm³/mol. The quantitative estimate of drug-likeness (QED) is 0.0812. The Morgan fingerprint density at radius 2 is 1.62 bits per heavy atom. The molecule has 222 valence electrons. The summed E-state index contributed by atoms with van der Waals surface area (Å²) < 4.78 is 11.5. The van der Waals surface area contributed by atoms with Crippen LogP contribution in [0.1, 0.15) is 135 Å². The number of nitrogens with one attached hydrogen (secondary N) is 2. The van der Waals surface area contributed by atoms with Crippen LogP contribution in [-0.2, 0) is 30.3 Å². The molecule has 1 aliphatic heterocycles. The molecule has 1 unspecified atom stereocenters. The van der Waals surface area contributed by atoms with E-state index in [-0.39, 0.29) is 30.5 Å². The maximum Gasteiger partial charge on any atom is 0.329 e. The molecule has 1 aromatic rings. The van der Waals surface area contributed by atoms with Crippen LogP contribution in [0.5, 0.6) is 0 Å². The van der Waals surface area contributed by atoms with E-state index in [9.17, 15) is 14.4 Å². The number of esters is 2. The van der Waals surface area contributed by atoms with Crippen molar-refractivity contribution in [1.82, 2.24) is 15.3 Å². The van der Waals surface area contributed by atoms with Crippen molar-refractivity contribution in [1.29, 1.82) is 0 Å². The number of nitrogens with zero attached hydrogens (tertiary/aromatic N) is 1. The smallest absolute Gasteiger partial charge is 0.329 e. The standard InChI is InChI=1S/C31H53N3O5/c1-3-5-7-9-10-11-12-13-14-15-16-18-26(21-29-27(30(36)39-29)19-17-8-6-4-2)38-31(37)28(34-24-35)20-25-22-32-23-33-25/h22-24,26-29H,3-21H2,1-2H3,(H,32,33)(H,34,35)/t26-,27-,28-,29?/m0/s1. The number of rotatable bonds is 25. The molecule has 2 N–H and O–H groups in total. The summed E-state index contributed by atoms with van der Waals surface area (Å²) in [6.07, 6.45) is 23.8. The van der Waals surface area contributed by atoms with Crippen LogP contribution < -0.4 is 5.32 Å². The lowest BCUT2D eigenvalue weighted by atomic mass is 9.86. The number of unbranched alkanes of at least 4 members (excludes halogenated alkanes) is 13. The van der Waals surface area contributed by atoms with Gasteiger partial charge in [-0.05, 0) is 19.3 Å². The van der Waals surface area contributed by atoms with Gasteiger partial charge in [0.25, 0.3) is 0 Å². The van der Waals surface area contributed by atoms with Gasteiger partial charge in [0.15, 0.2) is 0 Å². The van der Waals surface area contributed by atoms with Crippen LogP contribution in [0.2, 0.25) is 0 Å². The molecule has 8 heteroatoms. The number of carbonyl (C=O) groups is 3. The average Bonchev–Trinajstić information content (AvgIpc) is 3.44. The molecule has 2 rings (SSSR count). The number of hydrogen-bond acceptors (Lipinski definition) is 6. The van der Waals surface area contributed by atoms with Crippen LogP contribution in [0.3, 0.4) is 0 Å². The molecule has 0 aromatic carbocycles. The number of imidazole rings is 1. The van der Waals surface area contributed by atoms with Gasteiger partial charge in [0.05, 0.1) is 12.2 Å². The highest BCUT2D eigenvalue weighted by molar-refractivity contribution is 5.79. The molecule has 1 fully saturated rings. The van der Waals surface area contributed by atoms with Crippen molar-refractivity contribution in [2.24, 2.45) is 5.92 Å². The van der Waals surface area contributed by atoms with Crippen LogP contribution in [0.25, 0.3) is 0 Å². The summed E-state index contributed by atoms with van der Waals surface area (Å²) in [5, 5.41) is 2.59. The Morgan fingerprint density at radius 3 is 2.18 bits per heavy atom. The summed E-state index contributed by atoms with van der Waals surface area (Å²) in [6.45, 7) is 4.42. The highest BCUT2D eigenvalue weighted by Gasteiger charge is 2.43. The zero-order chi connectivity index (χ0) is 28.1. The third-order valence-corrected chi connectivity index (χ3v) is 7.83. The van der Waals surface area contributed by atoms with Gasteiger partial charge in [0, 0.05) is 24.7 Å². The highest BCUT2D eigenvalue weighted by atomic mass is 16.6. The molecular weight excluding hydrogens is 494 g/mol. The van der Waals surface area contributed by atoms with Crippen LogP contribution in [0, 0.1) is 5.92 Å². The summed E-state index contributed by atoms with van der Waals surface area (Å²) in [7, 11) is 0. The van der Waals surface area contributed by atoms with E-state index in [0.717, 1.165) is 50.6 Å². The number of aromatic nitrogens is 2. The van der Waals surface area contributed by atoms with E-state index in [4.69, 9.17) is 9.47 Å². The normalized spacial score (nSPS) is 18.2. The fourth-order valence-corrected chi connectivity index (χ4v) is 5.38. The van der Waals surface area contributed by atoms with Gasteiger partial charge >= 0.3 is 11.9 Å². The molecule has 1 amide bonds. The van der Waals surface area contributed by atoms with Crippen molar-refractivity contribution in [2.75, 3.05) is 0 Å². The van der Waals surface area contributed by atoms with Crippen molar-refractivity contribution in [3.8, 4) is 0 Å². The molecule has 2 heterocycles. The van der Waals surface area contributed by atoms with Crippen molar-refractivity contribution < 1.29 is 23.9 Å². The Labute approximate surface area is 235 Å². The van der Waals surface area contributed by atoms with Crippen molar-refractivity contribution in [3.05, 3.63) is 18.2 Å². The Balaban J connectivity index is 1.83. The monoisotopic (exact) mass is 547 g/mol. The van der Waals surface area contributed by atoms with Crippen LogP contribution in [-0.4, -0.2) is 46.6 Å². The summed E-state index contributed by atoms with van der Waals surface area (Å²) >= 11 is 0. The second-order valence-electron chi connectivity index (χ2n) is 11.2. The topological polar surface area (TPSA) is 110 Å². The van der Waals surface area contributed by atoms with E-state index < -0.39 is 12.0 Å². The molecule has 0 radical (unpaired) electrons. The second kappa shape index (κ2) is 20.5. The Kier molecular flexibility index (Phi) is 17.3. The molecule has 1 saturated heterocycles. The third kappa shape index (κ3) is 13.5. The lowest BCUT2D eigenvalue weighted by Crippen LogP contribution is -2.48. The summed E-state index contributed by atoms with van der Waals surface area (Å²) in [5.74, 6) is -0.694. The first-order chi connectivity index (χ1) is 19.1. The van der Waals surface area contributed by atoms with Crippen molar-refractivity contribution in [3.63, 3.8) is 0 Å². The summed E-state index contributed by atoms with van der Waals surface area (Å²) in [4.78, 5) is 43.3. The Bertz CT molecular complexity index is 785. The van der Waals surface area contributed by atoms with Crippen molar-refractivity contribution >= 4 is 18.3 Å². The number of carbonyl (C=O) groups excluding carboxylic acids is 3. The van der Waals surface area contributed by atoms with E-state index in [1.807, 2.05) is 0 Å². The van der Waals surface area contributed by atoms with Crippen LogP contribution in [0.4, 0.5) is 0 Å². The molecule has 0 bridgehead atoms. The first-order valence-corrected chi connectivity index (χ1v) is 15.7. The molecule has 0 aliphatic carbocycles. The highest BCUT2D eigenvalue weighted by Crippen LogP contribution is 2.32. The van der Waals surface area contributed by atoms with Crippen molar-refractivity contribution in [2.45, 2.75) is 154 Å². The van der Waals surface area contributed by atoms with E-state index in [1.54, 1.807) is 12.5 Å². The average molecular weight is 548 g/mol. The molecule has 0 saturated carbocycles. The number of amides is 1. The van der Waals surface area contributed by atoms with Gasteiger partial charge in [0.2, 0.25) is 6.41 Å². The van der Waals surface area contributed by atoms with Gasteiger partial charge in [-0.1, -0.05) is 104 Å². The number of ether oxygens (including phenoxy) is 2. The molecule has 8 nitrogen and oxygen atoms in total. The molecular formula is C31H53N3O5. The van der Waals surface area contributed by atoms with Gasteiger partial charge in [-0.2, -0.15) is 0 Å². The minimum Gasteiger partial charge on any atom is -0.461 e. The maximum atomic E-state index is 13.1. The van der Waals surface area contributed by atoms with E-state index in [2.05, 4.69) is 29.1 Å². The number of aromatic amines is 1. The fraction of sp³-hybridized carbons (Fsp3) is 0.806. The van der Waals surface area contributed by atoms with Gasteiger partial charge < -0.3 is 19.8 Å². The molecule has 0 spiro atoms. The van der Waals surface area contributed by atoms with Gasteiger partial charge in [0.1, 0.15) is 18.2 Å². The van der Waals surface area contributed by atoms with E-state index in [1.165, 1.54) is 64.2 Å². The fourth-order valence-electron chi connectivity index (χ4n) is 5.38. The van der Waals surface area contributed by atoms with Gasteiger partial charge in [-0.3, -0.25) is 9.59 Å². The number of H-pyrrole nitrogens is 1. The van der Waals surface area contributed by atoms with Crippen LogP contribution >= 0.6 is 0 Å². The zero-order valence-corrected chi connectivity index (χ0v) is 24.5. The van der Waals surface area contributed by atoms with Gasteiger partial charge in [-0.15, -0.1) is 0 Å². The lowest BCUT2D eigenvalue weighted by Gasteiger charge is -2.37. The molecule has 39 heavy (non-hydrogen) atoms. The summed E-state index contributed by atoms with van der Waals surface area (Å²) in [5.41, 5.74) is 0.744. The third-order valence-electron chi connectivity index (χ3n) is 7.83. The summed E-state index contributed by atoms with van der Waals surface area (Å²) in [6, 6.07) is -0.795. The SMILES string of the molecule is CCCCCCCCCCCCC[C@@H](CC1OC(=O)[C@H]1CCCCCC)OC(=O)[C@H](Cc1cnc[nH]1)NC=O. The van der Waals surface area contributed by atoms with E-state index >= 15 is 0 Å². The minimum atomic E-state index is -0.795. The minimum absolute atomic E-state index is 0.103. The maximum absolute atomic E-state index is 13.1. The second-order valence-corrected chi connectivity index (χ2v) is 11.2. The zero-order valence-electron chi connectivity index (χ0n) is 24.5.